The van der Waals surface area contributed by atoms with Gasteiger partial charge in [-0.25, -0.2) is 4.98 Å². The number of hydrogen-bond donors (Lipinski definition) is 2. The van der Waals surface area contributed by atoms with Gasteiger partial charge in [0, 0.05) is 30.4 Å². The fourth-order valence-electron chi connectivity index (χ4n) is 2.34. The highest BCUT2D eigenvalue weighted by Gasteiger charge is 2.14. The first-order valence-corrected chi connectivity index (χ1v) is 8.31. The van der Waals surface area contributed by atoms with Crippen molar-refractivity contribution in [2.24, 2.45) is 5.92 Å². The summed E-state index contributed by atoms with van der Waals surface area (Å²) in [7, 11) is 0. The minimum Gasteiger partial charge on any atom is -0.392 e. The summed E-state index contributed by atoms with van der Waals surface area (Å²) in [6.07, 6.45) is 5.42. The van der Waals surface area contributed by atoms with Gasteiger partial charge in [-0.05, 0) is 18.1 Å². The number of hydrogen-bond acceptors (Lipinski definition) is 5. The van der Waals surface area contributed by atoms with Crippen molar-refractivity contribution in [2.75, 3.05) is 6.54 Å². The number of aromatic nitrogens is 2. The summed E-state index contributed by atoms with van der Waals surface area (Å²) < 4.78 is 0. The Bertz CT molecular complexity index is 525. The van der Waals surface area contributed by atoms with Gasteiger partial charge in [0.05, 0.1) is 11.8 Å². The van der Waals surface area contributed by atoms with Gasteiger partial charge in [0.25, 0.3) is 0 Å². The fourth-order valence-corrected chi connectivity index (χ4v) is 3.20. The molecule has 2 aromatic heterocycles. The lowest BCUT2D eigenvalue weighted by molar-refractivity contribution is 0.101. The predicted molar refractivity (Wildman–Crippen MR) is 87.1 cm³/mol. The SMILES string of the molecule is CCC(CC)C(O)CNCc1cnc(-c2ccccn2)s1. The molecule has 0 bridgehead atoms. The molecule has 5 heteroatoms. The second-order valence-corrected chi connectivity index (χ2v) is 6.24. The molecule has 2 heterocycles. The van der Waals surface area contributed by atoms with Gasteiger partial charge in [-0.3, -0.25) is 4.98 Å². The van der Waals surface area contributed by atoms with Gasteiger partial charge in [0.1, 0.15) is 5.01 Å². The topological polar surface area (TPSA) is 58.0 Å². The summed E-state index contributed by atoms with van der Waals surface area (Å²) in [6.45, 7) is 5.62. The lowest BCUT2D eigenvalue weighted by atomic mass is 9.97. The Morgan fingerprint density at radius 2 is 2.05 bits per heavy atom. The number of nitrogens with one attached hydrogen (secondary N) is 1. The van der Waals surface area contributed by atoms with Crippen molar-refractivity contribution in [3.05, 3.63) is 35.5 Å². The smallest absolute Gasteiger partial charge is 0.142 e. The lowest BCUT2D eigenvalue weighted by Gasteiger charge is -2.20. The molecule has 2 aromatic rings. The van der Waals surface area contributed by atoms with E-state index >= 15 is 0 Å². The molecule has 0 spiro atoms. The third-order valence-corrected chi connectivity index (χ3v) is 4.70. The molecule has 4 nitrogen and oxygen atoms in total. The molecule has 0 aliphatic rings. The van der Waals surface area contributed by atoms with E-state index in [9.17, 15) is 5.11 Å². The van der Waals surface area contributed by atoms with Crippen LogP contribution in [0.5, 0.6) is 0 Å². The van der Waals surface area contributed by atoms with Crippen molar-refractivity contribution >= 4 is 11.3 Å². The molecule has 114 valence electrons. The number of thiazole rings is 1. The summed E-state index contributed by atoms with van der Waals surface area (Å²) in [6, 6.07) is 5.83. The summed E-state index contributed by atoms with van der Waals surface area (Å²) in [5.74, 6) is 0.378. The van der Waals surface area contributed by atoms with Crippen LogP contribution in [0.2, 0.25) is 0 Å². The van der Waals surface area contributed by atoms with Crippen LogP contribution in [0.1, 0.15) is 31.6 Å². The van der Waals surface area contributed by atoms with Gasteiger partial charge < -0.3 is 10.4 Å². The maximum atomic E-state index is 10.1. The van der Waals surface area contributed by atoms with E-state index in [4.69, 9.17) is 0 Å². The molecular formula is C16H23N3OS. The molecule has 0 amide bonds. The molecule has 0 saturated heterocycles. The second kappa shape index (κ2) is 8.22. The summed E-state index contributed by atoms with van der Waals surface area (Å²) >= 11 is 1.64. The van der Waals surface area contributed by atoms with E-state index in [-0.39, 0.29) is 6.10 Å². The minimum atomic E-state index is -0.275. The molecule has 0 saturated carbocycles. The van der Waals surface area contributed by atoms with E-state index in [0.29, 0.717) is 12.5 Å². The van der Waals surface area contributed by atoms with Gasteiger partial charge in [-0.15, -0.1) is 11.3 Å². The molecule has 0 aliphatic carbocycles. The number of rotatable bonds is 8. The Morgan fingerprint density at radius 3 is 2.71 bits per heavy atom. The van der Waals surface area contributed by atoms with E-state index in [1.807, 2.05) is 24.4 Å². The number of aliphatic hydroxyl groups is 1. The Kier molecular flexibility index (Phi) is 6.29. The third-order valence-electron chi connectivity index (χ3n) is 3.68. The zero-order chi connectivity index (χ0) is 15.1. The molecule has 1 unspecified atom stereocenters. The second-order valence-electron chi connectivity index (χ2n) is 5.12. The van der Waals surface area contributed by atoms with Crippen LogP contribution in [0.25, 0.3) is 10.7 Å². The maximum absolute atomic E-state index is 10.1. The van der Waals surface area contributed by atoms with Crippen molar-refractivity contribution < 1.29 is 5.11 Å². The molecule has 21 heavy (non-hydrogen) atoms. The summed E-state index contributed by atoms with van der Waals surface area (Å²) in [5.41, 5.74) is 0.908. The third kappa shape index (κ3) is 4.59. The van der Waals surface area contributed by atoms with Crippen LogP contribution >= 0.6 is 11.3 Å². The van der Waals surface area contributed by atoms with Crippen LogP contribution in [-0.2, 0) is 6.54 Å². The Morgan fingerprint density at radius 1 is 1.24 bits per heavy atom. The van der Waals surface area contributed by atoms with Crippen LogP contribution in [-0.4, -0.2) is 27.7 Å². The van der Waals surface area contributed by atoms with Crippen molar-refractivity contribution in [3.8, 4) is 10.7 Å². The molecule has 0 fully saturated rings. The number of pyridine rings is 1. The highest BCUT2D eigenvalue weighted by atomic mass is 32.1. The van der Waals surface area contributed by atoms with Crippen LogP contribution < -0.4 is 5.32 Å². The van der Waals surface area contributed by atoms with E-state index in [0.717, 1.165) is 35.0 Å². The van der Waals surface area contributed by atoms with Crippen LogP contribution in [0.15, 0.2) is 30.6 Å². The van der Waals surface area contributed by atoms with Crippen molar-refractivity contribution in [1.82, 2.24) is 15.3 Å². The van der Waals surface area contributed by atoms with Crippen molar-refractivity contribution in [2.45, 2.75) is 39.3 Å². The van der Waals surface area contributed by atoms with Gasteiger partial charge in [-0.2, -0.15) is 0 Å². The average molecular weight is 305 g/mol. The summed E-state index contributed by atoms with van der Waals surface area (Å²) in [5, 5.41) is 14.3. The molecule has 0 aliphatic heterocycles. The van der Waals surface area contributed by atoms with Gasteiger partial charge in [0.15, 0.2) is 0 Å². The molecule has 1 atom stereocenters. The zero-order valence-corrected chi connectivity index (χ0v) is 13.4. The van der Waals surface area contributed by atoms with Crippen molar-refractivity contribution in [3.63, 3.8) is 0 Å². The number of aliphatic hydroxyl groups excluding tert-OH is 1. The molecule has 0 radical (unpaired) electrons. The first-order valence-electron chi connectivity index (χ1n) is 7.49. The zero-order valence-electron chi connectivity index (χ0n) is 12.6. The quantitative estimate of drug-likeness (QED) is 0.787. The molecule has 2 rings (SSSR count). The van der Waals surface area contributed by atoms with E-state index in [1.54, 1.807) is 17.5 Å². The van der Waals surface area contributed by atoms with E-state index in [2.05, 4.69) is 29.1 Å². The highest BCUT2D eigenvalue weighted by molar-refractivity contribution is 7.14. The first-order chi connectivity index (χ1) is 10.2. The van der Waals surface area contributed by atoms with Crippen LogP contribution in [0, 0.1) is 5.92 Å². The van der Waals surface area contributed by atoms with Crippen molar-refractivity contribution in [1.29, 1.82) is 0 Å². The molecule has 0 aromatic carbocycles. The van der Waals surface area contributed by atoms with Gasteiger partial charge in [0.2, 0.25) is 0 Å². The van der Waals surface area contributed by atoms with Gasteiger partial charge in [-0.1, -0.05) is 32.8 Å². The lowest BCUT2D eigenvalue weighted by Crippen LogP contribution is -2.32. The predicted octanol–water partition coefficient (Wildman–Crippen LogP) is 3.09. The maximum Gasteiger partial charge on any atom is 0.142 e. The van der Waals surface area contributed by atoms with E-state index < -0.39 is 0 Å². The Hall–Kier alpha value is -1.30. The first kappa shape index (κ1) is 16.1. The Balaban J connectivity index is 1.84. The molecule has 2 N–H and O–H groups in total. The number of nitrogens with zero attached hydrogens (tertiary/aromatic N) is 2. The minimum absolute atomic E-state index is 0.275. The van der Waals surface area contributed by atoms with Crippen LogP contribution in [0.3, 0.4) is 0 Å². The van der Waals surface area contributed by atoms with Crippen LogP contribution in [0.4, 0.5) is 0 Å². The highest BCUT2D eigenvalue weighted by Crippen LogP contribution is 2.22. The van der Waals surface area contributed by atoms with Gasteiger partial charge >= 0.3 is 0 Å². The largest absolute Gasteiger partial charge is 0.392 e. The monoisotopic (exact) mass is 305 g/mol. The summed E-state index contributed by atoms with van der Waals surface area (Å²) in [4.78, 5) is 9.87. The fraction of sp³-hybridized carbons (Fsp3) is 0.500. The molecular weight excluding hydrogens is 282 g/mol. The van der Waals surface area contributed by atoms with E-state index in [1.165, 1.54) is 0 Å². The Labute approximate surface area is 130 Å². The standard InChI is InChI=1S/C16H23N3OS/c1-3-12(4-2)15(20)11-17-9-13-10-19-16(21-13)14-7-5-6-8-18-14/h5-8,10,12,15,17,20H,3-4,9,11H2,1-2H3. The normalized spacial score (nSPS) is 12.8. The average Bonchev–Trinajstić information content (AvgIpc) is 2.98.